The molecule has 0 radical (unpaired) electrons. The zero-order valence-electron chi connectivity index (χ0n) is 13.7. The van der Waals surface area contributed by atoms with Gasteiger partial charge in [-0.2, -0.15) is 0 Å². The molecular formula is C20H22O4. The molecule has 4 heteroatoms. The number of hydrogen-bond acceptors (Lipinski definition) is 4. The summed E-state index contributed by atoms with van der Waals surface area (Å²) in [5.41, 5.74) is 2.09. The fourth-order valence-electron chi connectivity index (χ4n) is 2.74. The summed E-state index contributed by atoms with van der Waals surface area (Å²) in [6, 6.07) is 17.7. The number of methoxy groups -OCH3 is 1. The van der Waals surface area contributed by atoms with Gasteiger partial charge in [0.2, 0.25) is 0 Å². The largest absolute Gasteiger partial charge is 0.497 e. The average molecular weight is 326 g/mol. The fraction of sp³-hybridized carbons (Fsp3) is 0.300. The van der Waals surface area contributed by atoms with Crippen LogP contribution in [0.3, 0.4) is 0 Å². The van der Waals surface area contributed by atoms with E-state index in [2.05, 4.69) is 0 Å². The maximum atomic E-state index is 9.65. The second-order valence-electron chi connectivity index (χ2n) is 5.70. The van der Waals surface area contributed by atoms with Crippen molar-refractivity contribution in [3.8, 4) is 5.75 Å². The Balaban J connectivity index is 1.65. The van der Waals surface area contributed by atoms with E-state index < -0.39 is 0 Å². The molecule has 24 heavy (non-hydrogen) atoms. The third-order valence-corrected chi connectivity index (χ3v) is 4.05. The molecule has 1 N–H and O–H groups in total. The first-order valence-corrected chi connectivity index (χ1v) is 8.04. The standard InChI is InChI=1S/C20H22O4/c1-22-17-9-5-6-15(12-17)14-23-19-11-10-18(24-20(19)13-21)16-7-3-2-4-8-16/h2-12,18-21H,13-14H2,1H3/t18-,19-,20+/m0/s1. The van der Waals surface area contributed by atoms with Gasteiger partial charge in [0, 0.05) is 0 Å². The van der Waals surface area contributed by atoms with E-state index in [1.54, 1.807) is 7.11 Å². The highest BCUT2D eigenvalue weighted by Gasteiger charge is 2.28. The lowest BCUT2D eigenvalue weighted by atomic mass is 10.0. The molecule has 1 aliphatic rings. The summed E-state index contributed by atoms with van der Waals surface area (Å²) in [4.78, 5) is 0. The van der Waals surface area contributed by atoms with Crippen molar-refractivity contribution in [3.05, 3.63) is 77.9 Å². The summed E-state index contributed by atoms with van der Waals surface area (Å²) in [5.74, 6) is 0.800. The highest BCUT2D eigenvalue weighted by atomic mass is 16.6. The van der Waals surface area contributed by atoms with Gasteiger partial charge in [-0.25, -0.2) is 0 Å². The van der Waals surface area contributed by atoms with Crippen molar-refractivity contribution >= 4 is 0 Å². The molecule has 1 aliphatic heterocycles. The van der Waals surface area contributed by atoms with E-state index in [-0.39, 0.29) is 24.9 Å². The molecule has 0 saturated carbocycles. The zero-order valence-corrected chi connectivity index (χ0v) is 13.7. The summed E-state index contributed by atoms with van der Waals surface area (Å²) in [6.07, 6.45) is 3.15. The smallest absolute Gasteiger partial charge is 0.119 e. The monoisotopic (exact) mass is 326 g/mol. The summed E-state index contributed by atoms with van der Waals surface area (Å²) >= 11 is 0. The number of hydrogen-bond donors (Lipinski definition) is 1. The van der Waals surface area contributed by atoms with Crippen LogP contribution >= 0.6 is 0 Å². The Morgan fingerprint density at radius 1 is 1.04 bits per heavy atom. The highest BCUT2D eigenvalue weighted by molar-refractivity contribution is 5.28. The van der Waals surface area contributed by atoms with Crippen LogP contribution < -0.4 is 4.74 Å². The molecular weight excluding hydrogens is 304 g/mol. The minimum Gasteiger partial charge on any atom is -0.497 e. The average Bonchev–Trinajstić information content (AvgIpc) is 2.67. The lowest BCUT2D eigenvalue weighted by Crippen LogP contribution is -2.37. The van der Waals surface area contributed by atoms with Crippen molar-refractivity contribution in [3.63, 3.8) is 0 Å². The Kier molecular flexibility index (Phi) is 5.64. The van der Waals surface area contributed by atoms with Gasteiger partial charge in [0.15, 0.2) is 0 Å². The van der Waals surface area contributed by atoms with Gasteiger partial charge in [-0.15, -0.1) is 0 Å². The Bertz CT molecular complexity index is 668. The van der Waals surface area contributed by atoms with Crippen molar-refractivity contribution in [2.45, 2.75) is 24.9 Å². The maximum absolute atomic E-state index is 9.65. The molecule has 0 aromatic heterocycles. The van der Waals surface area contributed by atoms with Gasteiger partial charge in [0.1, 0.15) is 24.1 Å². The van der Waals surface area contributed by atoms with Gasteiger partial charge < -0.3 is 19.3 Å². The third-order valence-electron chi connectivity index (χ3n) is 4.05. The van der Waals surface area contributed by atoms with Crippen molar-refractivity contribution in [1.82, 2.24) is 0 Å². The number of aliphatic hydroxyl groups excluding tert-OH is 1. The molecule has 3 atom stereocenters. The molecule has 1 heterocycles. The normalized spacial score (nSPS) is 23.2. The van der Waals surface area contributed by atoms with Gasteiger partial charge >= 0.3 is 0 Å². The molecule has 2 aromatic carbocycles. The molecule has 0 saturated heterocycles. The summed E-state index contributed by atoms with van der Waals surface area (Å²) in [5, 5.41) is 9.65. The molecule has 0 bridgehead atoms. The predicted octanol–water partition coefficient (Wildman–Crippen LogP) is 3.27. The molecule has 126 valence electrons. The summed E-state index contributed by atoms with van der Waals surface area (Å²) < 4.78 is 17.1. The predicted molar refractivity (Wildman–Crippen MR) is 91.9 cm³/mol. The van der Waals surface area contributed by atoms with Gasteiger partial charge in [-0.3, -0.25) is 0 Å². The Hall–Kier alpha value is -2.14. The van der Waals surface area contributed by atoms with Gasteiger partial charge in [-0.1, -0.05) is 54.6 Å². The number of benzene rings is 2. The summed E-state index contributed by atoms with van der Waals surface area (Å²) in [7, 11) is 1.64. The molecule has 0 unspecified atom stereocenters. The number of ether oxygens (including phenoxy) is 3. The minimum absolute atomic E-state index is 0.0869. The van der Waals surface area contributed by atoms with Gasteiger partial charge in [-0.05, 0) is 23.3 Å². The van der Waals surface area contributed by atoms with Crippen LogP contribution in [0.15, 0.2) is 66.7 Å². The van der Waals surface area contributed by atoms with Crippen LogP contribution in [0.1, 0.15) is 17.2 Å². The van der Waals surface area contributed by atoms with Crippen LogP contribution in [0.25, 0.3) is 0 Å². The van der Waals surface area contributed by atoms with E-state index in [9.17, 15) is 5.11 Å². The van der Waals surface area contributed by atoms with E-state index in [0.29, 0.717) is 6.61 Å². The lowest BCUT2D eigenvalue weighted by Gasteiger charge is -2.31. The Labute approximate surface area is 142 Å². The zero-order chi connectivity index (χ0) is 16.8. The van der Waals surface area contributed by atoms with Crippen molar-refractivity contribution < 1.29 is 19.3 Å². The van der Waals surface area contributed by atoms with Crippen molar-refractivity contribution in [2.75, 3.05) is 13.7 Å². The molecule has 0 spiro atoms. The van der Waals surface area contributed by atoms with Crippen LogP contribution in [0, 0.1) is 0 Å². The molecule has 0 aliphatic carbocycles. The van der Waals surface area contributed by atoms with Crippen LogP contribution in [-0.2, 0) is 16.1 Å². The quantitative estimate of drug-likeness (QED) is 0.828. The second kappa shape index (κ2) is 8.11. The van der Waals surface area contributed by atoms with Crippen LogP contribution in [0.5, 0.6) is 5.75 Å². The molecule has 0 amide bonds. The van der Waals surface area contributed by atoms with Crippen LogP contribution in [-0.4, -0.2) is 31.0 Å². The van der Waals surface area contributed by atoms with E-state index in [4.69, 9.17) is 14.2 Å². The maximum Gasteiger partial charge on any atom is 0.119 e. The van der Waals surface area contributed by atoms with Gasteiger partial charge in [0.05, 0.1) is 20.3 Å². The molecule has 2 aromatic rings. The highest BCUT2D eigenvalue weighted by Crippen LogP contribution is 2.28. The first-order valence-electron chi connectivity index (χ1n) is 8.04. The van der Waals surface area contributed by atoms with Crippen LogP contribution in [0.4, 0.5) is 0 Å². The third kappa shape index (κ3) is 4.03. The molecule has 3 rings (SSSR count). The second-order valence-corrected chi connectivity index (χ2v) is 5.70. The topological polar surface area (TPSA) is 47.9 Å². The van der Waals surface area contributed by atoms with Crippen molar-refractivity contribution in [1.29, 1.82) is 0 Å². The summed E-state index contributed by atoms with van der Waals surface area (Å²) in [6.45, 7) is 0.346. The molecule has 0 fully saturated rings. The lowest BCUT2D eigenvalue weighted by molar-refractivity contribution is -0.107. The fourth-order valence-corrected chi connectivity index (χ4v) is 2.74. The number of aliphatic hydroxyl groups is 1. The number of rotatable bonds is 6. The first-order chi connectivity index (χ1) is 11.8. The van der Waals surface area contributed by atoms with Gasteiger partial charge in [0.25, 0.3) is 0 Å². The van der Waals surface area contributed by atoms with E-state index in [1.165, 1.54) is 0 Å². The van der Waals surface area contributed by atoms with E-state index in [0.717, 1.165) is 16.9 Å². The Morgan fingerprint density at radius 2 is 1.88 bits per heavy atom. The SMILES string of the molecule is COc1cccc(CO[C@H]2C=C[C@@H](c3ccccc3)O[C@@H]2CO)c1. The molecule has 4 nitrogen and oxygen atoms in total. The Morgan fingerprint density at radius 3 is 2.62 bits per heavy atom. The van der Waals surface area contributed by atoms with Crippen molar-refractivity contribution in [2.24, 2.45) is 0 Å². The first kappa shape index (κ1) is 16.7. The minimum atomic E-state index is -0.384. The van der Waals surface area contributed by atoms with E-state index >= 15 is 0 Å². The van der Waals surface area contributed by atoms with E-state index in [1.807, 2.05) is 66.7 Å². The van der Waals surface area contributed by atoms with Crippen LogP contribution in [0.2, 0.25) is 0 Å².